The number of methoxy groups -OCH3 is 1. The average molecular weight is 436 g/mol. The normalized spacial score (nSPS) is 11.0. The molecule has 166 valence electrons. The Morgan fingerprint density at radius 3 is 1.84 bits per heavy atom. The van der Waals surface area contributed by atoms with Gasteiger partial charge >= 0.3 is 12.2 Å². The molecule has 8 nitrogen and oxygen atoms in total. The van der Waals surface area contributed by atoms with Crippen LogP contribution in [0.3, 0.4) is 0 Å². The number of ether oxygens (including phenoxy) is 4. The third-order valence-electron chi connectivity index (χ3n) is 4.21. The molecule has 3 rings (SSSR count). The summed E-state index contributed by atoms with van der Waals surface area (Å²) in [4.78, 5) is 24.4. The molecule has 8 heteroatoms. The van der Waals surface area contributed by atoms with Gasteiger partial charge in [0.1, 0.15) is 13.2 Å². The fourth-order valence-electron chi connectivity index (χ4n) is 2.70. The van der Waals surface area contributed by atoms with Gasteiger partial charge < -0.3 is 18.9 Å². The third-order valence-corrected chi connectivity index (χ3v) is 4.21. The number of hydrogen-bond donors (Lipinski definition) is 2. The van der Waals surface area contributed by atoms with Gasteiger partial charge in [-0.3, -0.25) is 10.6 Å². The molecule has 0 fully saturated rings. The van der Waals surface area contributed by atoms with Crippen molar-refractivity contribution in [1.82, 2.24) is 0 Å². The Labute approximate surface area is 186 Å². The zero-order valence-electron chi connectivity index (χ0n) is 17.5. The van der Waals surface area contributed by atoms with E-state index in [2.05, 4.69) is 10.6 Å². The maximum Gasteiger partial charge on any atom is 0.412 e. The Morgan fingerprint density at radius 2 is 1.25 bits per heavy atom. The second kappa shape index (κ2) is 11.8. The summed E-state index contributed by atoms with van der Waals surface area (Å²) in [7, 11) is 1.53. The first-order valence-electron chi connectivity index (χ1n) is 9.91. The van der Waals surface area contributed by atoms with Crippen molar-refractivity contribution in [2.45, 2.75) is 6.10 Å². The van der Waals surface area contributed by atoms with Gasteiger partial charge in [-0.25, -0.2) is 9.59 Å². The summed E-state index contributed by atoms with van der Waals surface area (Å²) in [6.07, 6.45) is -2.24. The number of carbonyl (C=O) groups is 2. The van der Waals surface area contributed by atoms with Crippen LogP contribution in [0.4, 0.5) is 21.0 Å². The summed E-state index contributed by atoms with van der Waals surface area (Å²) in [5.74, 6) is 1.00. The van der Waals surface area contributed by atoms with E-state index >= 15 is 0 Å². The molecule has 0 spiro atoms. The summed E-state index contributed by atoms with van der Waals surface area (Å²) in [6.45, 7) is -0.267. The summed E-state index contributed by atoms with van der Waals surface area (Å²) in [5.41, 5.74) is 1.16. The fraction of sp³-hybridized carbons (Fsp3) is 0.167. The molecule has 3 aromatic carbocycles. The molecule has 0 aliphatic rings. The predicted octanol–water partition coefficient (Wildman–Crippen LogP) is 4.94. The Morgan fingerprint density at radius 1 is 0.719 bits per heavy atom. The van der Waals surface area contributed by atoms with Gasteiger partial charge in [-0.15, -0.1) is 0 Å². The molecular weight excluding hydrogens is 412 g/mol. The van der Waals surface area contributed by atoms with Crippen molar-refractivity contribution in [3.8, 4) is 11.5 Å². The van der Waals surface area contributed by atoms with Crippen LogP contribution in [0, 0.1) is 0 Å². The molecule has 0 heterocycles. The molecule has 0 aliphatic heterocycles. The van der Waals surface area contributed by atoms with Gasteiger partial charge in [-0.05, 0) is 36.4 Å². The Bertz CT molecular complexity index is 998. The summed E-state index contributed by atoms with van der Waals surface area (Å²) in [5, 5.41) is 5.23. The van der Waals surface area contributed by atoms with E-state index in [-0.39, 0.29) is 13.2 Å². The van der Waals surface area contributed by atoms with Crippen molar-refractivity contribution in [2.24, 2.45) is 0 Å². The lowest BCUT2D eigenvalue weighted by molar-refractivity contribution is 0.0284. The molecule has 0 aromatic heterocycles. The van der Waals surface area contributed by atoms with Gasteiger partial charge in [-0.1, -0.05) is 48.5 Å². The van der Waals surface area contributed by atoms with Gasteiger partial charge in [-0.2, -0.15) is 0 Å². The number of para-hydroxylation sites is 4. The topological polar surface area (TPSA) is 95.1 Å². The van der Waals surface area contributed by atoms with Crippen molar-refractivity contribution in [3.05, 3.63) is 84.9 Å². The van der Waals surface area contributed by atoms with E-state index < -0.39 is 18.3 Å². The predicted molar refractivity (Wildman–Crippen MR) is 120 cm³/mol. The first kappa shape index (κ1) is 22.5. The third kappa shape index (κ3) is 7.24. The molecule has 1 atom stereocenters. The number of anilines is 2. The monoisotopic (exact) mass is 436 g/mol. The summed E-state index contributed by atoms with van der Waals surface area (Å²) in [6, 6.07) is 24.8. The number of nitrogens with one attached hydrogen (secondary N) is 2. The maximum absolute atomic E-state index is 12.3. The SMILES string of the molecule is COc1ccccc1OCC(COC(=O)Nc1ccccc1)OC(=O)Nc1ccccc1. The van der Waals surface area contributed by atoms with E-state index in [1.54, 1.807) is 66.7 Å². The highest BCUT2D eigenvalue weighted by Gasteiger charge is 2.19. The molecule has 0 bridgehead atoms. The number of benzene rings is 3. The summed E-state index contributed by atoms with van der Waals surface area (Å²) >= 11 is 0. The summed E-state index contributed by atoms with van der Waals surface area (Å²) < 4.78 is 21.7. The van der Waals surface area contributed by atoms with Crippen LogP contribution in [0.25, 0.3) is 0 Å². The highest BCUT2D eigenvalue weighted by molar-refractivity contribution is 5.85. The highest BCUT2D eigenvalue weighted by atomic mass is 16.6. The van der Waals surface area contributed by atoms with Crippen molar-refractivity contribution < 1.29 is 28.5 Å². The lowest BCUT2D eigenvalue weighted by Gasteiger charge is -2.19. The quantitative estimate of drug-likeness (QED) is 0.493. The lowest BCUT2D eigenvalue weighted by atomic mass is 10.3. The van der Waals surface area contributed by atoms with Crippen LogP contribution in [0.1, 0.15) is 0 Å². The maximum atomic E-state index is 12.3. The molecule has 1 unspecified atom stereocenters. The van der Waals surface area contributed by atoms with E-state index in [9.17, 15) is 9.59 Å². The van der Waals surface area contributed by atoms with E-state index in [4.69, 9.17) is 18.9 Å². The van der Waals surface area contributed by atoms with E-state index in [0.29, 0.717) is 22.9 Å². The van der Waals surface area contributed by atoms with Crippen LogP contribution in [-0.4, -0.2) is 38.6 Å². The van der Waals surface area contributed by atoms with Crippen LogP contribution in [0.2, 0.25) is 0 Å². The van der Waals surface area contributed by atoms with Gasteiger partial charge in [0.2, 0.25) is 0 Å². The molecule has 0 saturated carbocycles. The molecule has 32 heavy (non-hydrogen) atoms. The van der Waals surface area contributed by atoms with E-state index in [0.717, 1.165) is 0 Å². The minimum absolute atomic E-state index is 0.0544. The van der Waals surface area contributed by atoms with Crippen molar-refractivity contribution in [1.29, 1.82) is 0 Å². The van der Waals surface area contributed by atoms with Crippen molar-refractivity contribution in [3.63, 3.8) is 0 Å². The zero-order valence-corrected chi connectivity index (χ0v) is 17.5. The molecule has 0 radical (unpaired) electrons. The zero-order chi connectivity index (χ0) is 22.6. The largest absolute Gasteiger partial charge is 0.493 e. The Balaban J connectivity index is 1.60. The first-order chi connectivity index (χ1) is 15.6. The van der Waals surface area contributed by atoms with E-state index in [1.807, 2.05) is 18.2 Å². The second-order valence-corrected chi connectivity index (χ2v) is 6.57. The second-order valence-electron chi connectivity index (χ2n) is 6.57. The molecule has 2 N–H and O–H groups in total. The van der Waals surface area contributed by atoms with Gasteiger partial charge in [0.25, 0.3) is 0 Å². The molecule has 3 aromatic rings. The van der Waals surface area contributed by atoms with Gasteiger partial charge in [0, 0.05) is 11.4 Å². The number of hydrogen-bond acceptors (Lipinski definition) is 6. The van der Waals surface area contributed by atoms with Crippen molar-refractivity contribution in [2.75, 3.05) is 31.0 Å². The molecule has 0 saturated heterocycles. The fourth-order valence-corrected chi connectivity index (χ4v) is 2.70. The van der Waals surface area contributed by atoms with E-state index in [1.165, 1.54) is 7.11 Å². The van der Waals surface area contributed by atoms with Crippen LogP contribution in [0.5, 0.6) is 11.5 Å². The number of amides is 2. The van der Waals surface area contributed by atoms with Crippen molar-refractivity contribution >= 4 is 23.6 Å². The standard InChI is InChI=1S/C24H24N2O6/c1-29-21-14-8-9-15-22(21)30-16-20(32-24(28)26-19-12-6-3-7-13-19)17-31-23(27)25-18-10-4-2-5-11-18/h2-15,20H,16-17H2,1H3,(H,25,27)(H,26,28). The average Bonchev–Trinajstić information content (AvgIpc) is 2.82. The minimum atomic E-state index is -0.870. The Kier molecular flexibility index (Phi) is 8.33. The molecule has 0 aliphatic carbocycles. The smallest absolute Gasteiger partial charge is 0.412 e. The first-order valence-corrected chi connectivity index (χ1v) is 9.91. The van der Waals surface area contributed by atoms with Crippen LogP contribution >= 0.6 is 0 Å². The van der Waals surface area contributed by atoms with Crippen LogP contribution in [0.15, 0.2) is 84.9 Å². The minimum Gasteiger partial charge on any atom is -0.493 e. The van der Waals surface area contributed by atoms with Gasteiger partial charge in [0.15, 0.2) is 17.6 Å². The lowest BCUT2D eigenvalue weighted by Crippen LogP contribution is -2.33. The van der Waals surface area contributed by atoms with Crippen LogP contribution in [-0.2, 0) is 9.47 Å². The van der Waals surface area contributed by atoms with Crippen LogP contribution < -0.4 is 20.1 Å². The Hall–Kier alpha value is -4.20. The highest BCUT2D eigenvalue weighted by Crippen LogP contribution is 2.26. The number of rotatable bonds is 9. The molecule has 2 amide bonds. The van der Waals surface area contributed by atoms with Gasteiger partial charge in [0.05, 0.1) is 7.11 Å². The molecular formula is C24H24N2O6. The number of carbonyl (C=O) groups excluding carboxylic acids is 2.